The highest BCUT2D eigenvalue weighted by Crippen LogP contribution is 2.28. The Bertz CT molecular complexity index is 810. The van der Waals surface area contributed by atoms with E-state index in [1.165, 1.54) is 12.1 Å². The highest BCUT2D eigenvalue weighted by atomic mass is 16.6. The molecule has 6 nitrogen and oxygen atoms in total. The predicted molar refractivity (Wildman–Crippen MR) is 91.2 cm³/mol. The van der Waals surface area contributed by atoms with Crippen LogP contribution in [0.15, 0.2) is 48.5 Å². The topological polar surface area (TPSA) is 86.7 Å². The second kappa shape index (κ2) is 7.74. The maximum absolute atomic E-state index is 12.4. The van der Waals surface area contributed by atoms with Crippen molar-refractivity contribution in [2.24, 2.45) is 0 Å². The summed E-state index contributed by atoms with van der Waals surface area (Å²) in [6.45, 7) is 0. The SMILES string of the molecule is O=C1CCCCC(=O)OC(=O)c2ccccc2-c2ccccc2C(=O)O1. The van der Waals surface area contributed by atoms with Gasteiger partial charge in [-0.1, -0.05) is 36.4 Å². The molecule has 0 aliphatic carbocycles. The Labute approximate surface area is 149 Å². The molecule has 1 aliphatic heterocycles. The van der Waals surface area contributed by atoms with Crippen LogP contribution in [-0.4, -0.2) is 23.9 Å². The van der Waals surface area contributed by atoms with Gasteiger partial charge in [0.1, 0.15) is 0 Å². The lowest BCUT2D eigenvalue weighted by Gasteiger charge is -2.13. The minimum absolute atomic E-state index is 0.00567. The van der Waals surface area contributed by atoms with Crippen LogP contribution in [0.25, 0.3) is 11.1 Å². The third-order valence-corrected chi connectivity index (χ3v) is 4.01. The largest absolute Gasteiger partial charge is 0.389 e. The summed E-state index contributed by atoms with van der Waals surface area (Å²) in [5.74, 6) is -2.86. The van der Waals surface area contributed by atoms with E-state index in [4.69, 9.17) is 9.47 Å². The van der Waals surface area contributed by atoms with Gasteiger partial charge in [-0.05, 0) is 36.1 Å². The lowest BCUT2D eigenvalue weighted by molar-refractivity contribution is -0.140. The molecule has 0 radical (unpaired) electrons. The first kappa shape index (κ1) is 17.5. The first-order valence-corrected chi connectivity index (χ1v) is 8.24. The number of rotatable bonds is 0. The monoisotopic (exact) mass is 352 g/mol. The molecule has 132 valence electrons. The Kier molecular flexibility index (Phi) is 5.22. The van der Waals surface area contributed by atoms with Gasteiger partial charge in [0.2, 0.25) is 0 Å². The van der Waals surface area contributed by atoms with Crippen LogP contribution in [0.2, 0.25) is 0 Å². The first-order valence-electron chi connectivity index (χ1n) is 8.24. The molecule has 0 saturated heterocycles. The zero-order valence-electron chi connectivity index (χ0n) is 13.9. The Hall–Kier alpha value is -3.28. The summed E-state index contributed by atoms with van der Waals surface area (Å²) in [7, 11) is 0. The molecule has 0 saturated carbocycles. The molecule has 1 heterocycles. The number of hydrogen-bond donors (Lipinski definition) is 0. The fourth-order valence-corrected chi connectivity index (χ4v) is 2.75. The number of ether oxygens (including phenoxy) is 2. The molecule has 0 aromatic heterocycles. The van der Waals surface area contributed by atoms with Crippen LogP contribution in [0.4, 0.5) is 0 Å². The van der Waals surface area contributed by atoms with Gasteiger partial charge in [-0.2, -0.15) is 0 Å². The summed E-state index contributed by atoms with van der Waals surface area (Å²) in [6.07, 6.45) is 0.721. The lowest BCUT2D eigenvalue weighted by atomic mass is 9.95. The Morgan fingerprint density at radius 1 is 0.538 bits per heavy atom. The third kappa shape index (κ3) is 3.85. The maximum Gasteiger partial charge on any atom is 0.346 e. The summed E-state index contributed by atoms with van der Waals surface area (Å²) < 4.78 is 9.82. The van der Waals surface area contributed by atoms with E-state index in [9.17, 15) is 19.2 Å². The number of carbonyl (C=O) groups excluding carboxylic acids is 4. The predicted octanol–water partition coefficient (Wildman–Crippen LogP) is 3.29. The average molecular weight is 352 g/mol. The van der Waals surface area contributed by atoms with Crippen molar-refractivity contribution >= 4 is 23.9 Å². The second-order valence-corrected chi connectivity index (χ2v) is 5.82. The Morgan fingerprint density at radius 3 is 1.27 bits per heavy atom. The fraction of sp³-hybridized carbons (Fsp3) is 0.200. The smallest absolute Gasteiger partial charge is 0.346 e. The molecule has 2 aromatic carbocycles. The zero-order valence-corrected chi connectivity index (χ0v) is 13.9. The summed E-state index contributed by atoms with van der Waals surface area (Å²) in [5, 5.41) is 0. The zero-order chi connectivity index (χ0) is 18.5. The molecule has 0 atom stereocenters. The van der Waals surface area contributed by atoms with E-state index in [-0.39, 0.29) is 24.0 Å². The summed E-state index contributed by atoms with van der Waals surface area (Å²) in [4.78, 5) is 48.5. The van der Waals surface area contributed by atoms with Crippen LogP contribution < -0.4 is 0 Å². The van der Waals surface area contributed by atoms with Gasteiger partial charge in [0.25, 0.3) is 0 Å². The van der Waals surface area contributed by atoms with Crippen molar-refractivity contribution in [3.8, 4) is 11.1 Å². The fourth-order valence-electron chi connectivity index (χ4n) is 2.75. The summed E-state index contributed by atoms with van der Waals surface area (Å²) >= 11 is 0. The van der Waals surface area contributed by atoms with Crippen LogP contribution >= 0.6 is 0 Å². The van der Waals surface area contributed by atoms with Crippen molar-refractivity contribution < 1.29 is 28.7 Å². The molecule has 6 heteroatoms. The van der Waals surface area contributed by atoms with E-state index in [2.05, 4.69) is 0 Å². The van der Waals surface area contributed by atoms with Gasteiger partial charge in [0, 0.05) is 12.8 Å². The standard InChI is InChI=1S/C20H16O6/c21-17-11-5-6-12-18(22)26-20(24)16-10-4-2-8-14(16)13-7-1-3-9-15(13)19(23)25-17/h1-4,7-10H,5-6,11-12H2. The van der Waals surface area contributed by atoms with Crippen molar-refractivity contribution in [2.45, 2.75) is 25.7 Å². The van der Waals surface area contributed by atoms with Crippen molar-refractivity contribution in [1.29, 1.82) is 0 Å². The van der Waals surface area contributed by atoms with Crippen LogP contribution in [0.1, 0.15) is 46.4 Å². The van der Waals surface area contributed by atoms with Crippen molar-refractivity contribution in [3.63, 3.8) is 0 Å². The van der Waals surface area contributed by atoms with Gasteiger partial charge in [-0.25, -0.2) is 9.59 Å². The molecule has 2 aromatic rings. The maximum atomic E-state index is 12.4. The van der Waals surface area contributed by atoms with Crippen molar-refractivity contribution in [1.82, 2.24) is 0 Å². The summed E-state index contributed by atoms with van der Waals surface area (Å²) in [6, 6.07) is 13.0. The number of esters is 4. The molecule has 26 heavy (non-hydrogen) atoms. The molecular weight excluding hydrogens is 336 g/mol. The molecule has 1 aliphatic rings. The van der Waals surface area contributed by atoms with Gasteiger partial charge in [-0.3, -0.25) is 9.59 Å². The van der Waals surface area contributed by atoms with Gasteiger partial charge < -0.3 is 9.47 Å². The first-order chi connectivity index (χ1) is 12.6. The molecule has 0 bridgehead atoms. The van der Waals surface area contributed by atoms with E-state index < -0.39 is 23.9 Å². The van der Waals surface area contributed by atoms with Crippen molar-refractivity contribution in [2.75, 3.05) is 0 Å². The van der Waals surface area contributed by atoms with Gasteiger partial charge in [0.15, 0.2) is 0 Å². The molecule has 0 N–H and O–H groups in total. The number of cyclic esters (lactones) is 4. The van der Waals surface area contributed by atoms with E-state index >= 15 is 0 Å². The van der Waals surface area contributed by atoms with E-state index in [1.54, 1.807) is 36.4 Å². The summed E-state index contributed by atoms with van der Waals surface area (Å²) in [5.41, 5.74) is 1.15. The molecule has 3 rings (SSSR count). The number of hydrogen-bond acceptors (Lipinski definition) is 6. The number of fused-ring (bicyclic) bond motifs is 3. The van der Waals surface area contributed by atoms with Gasteiger partial charge in [0.05, 0.1) is 11.1 Å². The molecule has 0 spiro atoms. The highest BCUT2D eigenvalue weighted by molar-refractivity contribution is 6.07. The van der Waals surface area contributed by atoms with Crippen LogP contribution in [-0.2, 0) is 19.1 Å². The Morgan fingerprint density at radius 2 is 0.885 bits per heavy atom. The van der Waals surface area contributed by atoms with Crippen LogP contribution in [0, 0.1) is 0 Å². The van der Waals surface area contributed by atoms with Crippen LogP contribution in [0.5, 0.6) is 0 Å². The van der Waals surface area contributed by atoms with Crippen LogP contribution in [0.3, 0.4) is 0 Å². The lowest BCUT2D eigenvalue weighted by Crippen LogP contribution is -2.16. The third-order valence-electron chi connectivity index (χ3n) is 4.01. The highest BCUT2D eigenvalue weighted by Gasteiger charge is 2.23. The second-order valence-electron chi connectivity index (χ2n) is 5.82. The molecule has 0 unspecified atom stereocenters. The van der Waals surface area contributed by atoms with Crippen molar-refractivity contribution in [3.05, 3.63) is 59.7 Å². The number of carbonyl (C=O) groups is 4. The van der Waals surface area contributed by atoms with E-state index in [0.717, 1.165) is 0 Å². The average Bonchev–Trinajstić information content (AvgIpc) is 2.64. The minimum Gasteiger partial charge on any atom is -0.389 e. The quantitative estimate of drug-likeness (QED) is 0.534. The van der Waals surface area contributed by atoms with E-state index in [0.29, 0.717) is 24.0 Å². The van der Waals surface area contributed by atoms with E-state index in [1.807, 2.05) is 0 Å². The molecular formula is C20H16O6. The molecule has 0 amide bonds. The minimum atomic E-state index is -0.776. The van der Waals surface area contributed by atoms with Gasteiger partial charge in [-0.15, -0.1) is 0 Å². The molecule has 0 fully saturated rings. The normalized spacial score (nSPS) is 16.0. The Balaban J connectivity index is 2.11. The van der Waals surface area contributed by atoms with Gasteiger partial charge >= 0.3 is 23.9 Å². The number of benzene rings is 2.